The fourth-order valence-corrected chi connectivity index (χ4v) is 3.70. The van der Waals surface area contributed by atoms with E-state index in [1.165, 1.54) is 13.2 Å². The van der Waals surface area contributed by atoms with Gasteiger partial charge in [0.2, 0.25) is 0 Å². The van der Waals surface area contributed by atoms with E-state index >= 15 is 0 Å². The van der Waals surface area contributed by atoms with Crippen LogP contribution in [0.1, 0.15) is 37.8 Å². The average Bonchev–Trinajstić information content (AvgIpc) is 2.33. The van der Waals surface area contributed by atoms with Gasteiger partial charge in [-0.1, -0.05) is 19.9 Å². The SMILES string of the molecule is CCC(CC)(c1cc(C)c(O)c(OC)c1)P(=O)(O)O. The molecule has 5 nitrogen and oxygen atoms in total. The van der Waals surface area contributed by atoms with Crippen molar-refractivity contribution >= 4 is 7.60 Å². The molecule has 0 aliphatic rings. The highest BCUT2D eigenvalue weighted by molar-refractivity contribution is 7.53. The topological polar surface area (TPSA) is 87.0 Å². The number of methoxy groups -OCH3 is 1. The summed E-state index contributed by atoms with van der Waals surface area (Å²) in [4.78, 5) is 19.4. The summed E-state index contributed by atoms with van der Waals surface area (Å²) in [5.74, 6) is 0.229. The lowest BCUT2D eigenvalue weighted by molar-refractivity contribution is 0.314. The molecule has 6 heteroatoms. The van der Waals surface area contributed by atoms with Gasteiger partial charge in [-0.3, -0.25) is 4.57 Å². The van der Waals surface area contributed by atoms with Crippen molar-refractivity contribution in [2.45, 2.75) is 38.8 Å². The Balaban J connectivity index is 3.57. The number of rotatable bonds is 5. The maximum absolute atomic E-state index is 11.9. The van der Waals surface area contributed by atoms with E-state index in [-0.39, 0.29) is 11.5 Å². The molecule has 108 valence electrons. The van der Waals surface area contributed by atoms with Crippen LogP contribution >= 0.6 is 7.60 Å². The molecular weight excluding hydrogens is 267 g/mol. The maximum atomic E-state index is 11.9. The molecule has 0 atom stereocenters. The normalized spacial score (nSPS) is 12.5. The van der Waals surface area contributed by atoms with Gasteiger partial charge in [0.15, 0.2) is 11.5 Å². The molecule has 0 unspecified atom stereocenters. The van der Waals surface area contributed by atoms with E-state index in [9.17, 15) is 19.5 Å². The summed E-state index contributed by atoms with van der Waals surface area (Å²) in [6.45, 7) is 5.17. The van der Waals surface area contributed by atoms with Crippen molar-refractivity contribution in [2.24, 2.45) is 0 Å². The fraction of sp³-hybridized carbons (Fsp3) is 0.538. The zero-order chi connectivity index (χ0) is 14.8. The number of phenolic OH excluding ortho intramolecular Hbond substituents is 1. The molecular formula is C13H21O5P. The molecule has 1 rings (SSSR count). The standard InChI is InChI=1S/C13H21O5P/c1-5-13(6-2,19(15,16)17)10-7-9(3)12(14)11(8-10)18-4/h7-8,14H,5-6H2,1-4H3,(H2,15,16,17). The molecule has 0 amide bonds. The molecule has 3 N–H and O–H groups in total. The van der Waals surface area contributed by atoms with Crippen LogP contribution in [0.3, 0.4) is 0 Å². The molecule has 0 bridgehead atoms. The molecule has 0 radical (unpaired) electrons. The van der Waals surface area contributed by atoms with Gasteiger partial charge in [0.05, 0.1) is 12.3 Å². The van der Waals surface area contributed by atoms with Crippen molar-refractivity contribution in [3.05, 3.63) is 23.3 Å². The van der Waals surface area contributed by atoms with Crippen molar-refractivity contribution in [1.82, 2.24) is 0 Å². The quantitative estimate of drug-likeness (QED) is 0.725. The summed E-state index contributed by atoms with van der Waals surface area (Å²) in [5.41, 5.74) is 1.03. The van der Waals surface area contributed by atoms with Gasteiger partial charge in [-0.05, 0) is 37.0 Å². The minimum absolute atomic E-state index is 0.00179. The third kappa shape index (κ3) is 2.64. The Morgan fingerprint density at radius 3 is 2.16 bits per heavy atom. The Kier molecular flexibility index (Phi) is 4.67. The van der Waals surface area contributed by atoms with Gasteiger partial charge in [0.1, 0.15) is 0 Å². The summed E-state index contributed by atoms with van der Waals surface area (Å²) in [5, 5.41) is 8.58. The lowest BCUT2D eigenvalue weighted by Gasteiger charge is -2.33. The zero-order valence-corrected chi connectivity index (χ0v) is 12.6. The molecule has 0 saturated carbocycles. The lowest BCUT2D eigenvalue weighted by Crippen LogP contribution is -2.24. The highest BCUT2D eigenvalue weighted by Crippen LogP contribution is 2.61. The number of aryl methyl sites for hydroxylation is 1. The Bertz CT molecular complexity index is 502. The summed E-state index contributed by atoms with van der Waals surface area (Å²) in [6, 6.07) is 3.12. The van der Waals surface area contributed by atoms with Crippen LogP contribution in [0.4, 0.5) is 0 Å². The minimum Gasteiger partial charge on any atom is -0.504 e. The van der Waals surface area contributed by atoms with Crippen molar-refractivity contribution in [3.63, 3.8) is 0 Å². The van der Waals surface area contributed by atoms with Crippen LogP contribution in [0.5, 0.6) is 11.5 Å². The van der Waals surface area contributed by atoms with Crippen molar-refractivity contribution < 1.29 is 24.2 Å². The second-order valence-corrected chi connectivity index (χ2v) is 6.57. The number of aromatic hydroxyl groups is 1. The Morgan fingerprint density at radius 1 is 1.26 bits per heavy atom. The van der Waals surface area contributed by atoms with Crippen LogP contribution < -0.4 is 4.74 Å². The number of phenols is 1. The predicted molar refractivity (Wildman–Crippen MR) is 73.7 cm³/mol. The molecule has 0 fully saturated rings. The van der Waals surface area contributed by atoms with Gasteiger partial charge in [-0.15, -0.1) is 0 Å². The van der Waals surface area contributed by atoms with Crippen molar-refractivity contribution in [2.75, 3.05) is 7.11 Å². The molecule has 0 aromatic heterocycles. The molecule has 0 aliphatic carbocycles. The lowest BCUT2D eigenvalue weighted by atomic mass is 9.91. The summed E-state index contributed by atoms with van der Waals surface area (Å²) in [7, 11) is -2.92. The average molecular weight is 288 g/mol. The van der Waals surface area contributed by atoms with Gasteiger partial charge in [0, 0.05) is 0 Å². The van der Waals surface area contributed by atoms with Gasteiger partial charge in [0.25, 0.3) is 0 Å². The smallest absolute Gasteiger partial charge is 0.335 e. The van der Waals surface area contributed by atoms with Gasteiger partial charge >= 0.3 is 7.60 Å². The van der Waals surface area contributed by atoms with E-state index in [0.29, 0.717) is 24.0 Å². The summed E-state index contributed by atoms with van der Waals surface area (Å²) < 4.78 is 17.0. The van der Waals surface area contributed by atoms with Gasteiger partial charge < -0.3 is 19.6 Å². The van der Waals surface area contributed by atoms with Crippen LogP contribution in [-0.4, -0.2) is 22.0 Å². The van der Waals surface area contributed by atoms with Crippen LogP contribution in [0.2, 0.25) is 0 Å². The molecule has 0 aliphatic heterocycles. The molecule has 0 heterocycles. The molecule has 0 spiro atoms. The Labute approximate surface area is 113 Å². The first kappa shape index (κ1) is 16.0. The maximum Gasteiger partial charge on any atom is 0.335 e. The van der Waals surface area contributed by atoms with Gasteiger partial charge in [-0.2, -0.15) is 0 Å². The Morgan fingerprint density at radius 2 is 1.79 bits per heavy atom. The third-order valence-electron chi connectivity index (χ3n) is 3.75. The van der Waals surface area contributed by atoms with Gasteiger partial charge in [-0.25, -0.2) is 0 Å². The number of hydrogen-bond acceptors (Lipinski definition) is 3. The van der Waals surface area contributed by atoms with Crippen LogP contribution in [0.25, 0.3) is 0 Å². The number of benzene rings is 1. The summed E-state index contributed by atoms with van der Waals surface area (Å²) >= 11 is 0. The van der Waals surface area contributed by atoms with E-state index in [1.807, 2.05) is 0 Å². The monoisotopic (exact) mass is 288 g/mol. The fourth-order valence-electron chi connectivity index (χ4n) is 2.41. The number of ether oxygens (including phenoxy) is 1. The van der Waals surface area contributed by atoms with E-state index in [1.54, 1.807) is 26.8 Å². The first-order valence-electron chi connectivity index (χ1n) is 6.17. The van der Waals surface area contributed by atoms with Crippen LogP contribution in [0.15, 0.2) is 12.1 Å². The highest BCUT2D eigenvalue weighted by Gasteiger charge is 2.45. The first-order valence-corrected chi connectivity index (χ1v) is 7.78. The summed E-state index contributed by atoms with van der Waals surface area (Å²) in [6.07, 6.45) is 0.613. The first-order chi connectivity index (χ1) is 8.73. The minimum atomic E-state index is -4.33. The highest BCUT2D eigenvalue weighted by atomic mass is 31.2. The Hall–Kier alpha value is -1.03. The number of hydrogen-bond donors (Lipinski definition) is 3. The third-order valence-corrected chi connectivity index (χ3v) is 5.76. The van der Waals surface area contributed by atoms with Crippen LogP contribution in [-0.2, 0) is 9.72 Å². The van der Waals surface area contributed by atoms with E-state index in [2.05, 4.69) is 0 Å². The second kappa shape index (κ2) is 5.53. The van der Waals surface area contributed by atoms with E-state index in [0.717, 1.165) is 0 Å². The second-order valence-electron chi connectivity index (χ2n) is 4.63. The molecule has 1 aromatic rings. The van der Waals surface area contributed by atoms with Crippen molar-refractivity contribution in [3.8, 4) is 11.5 Å². The predicted octanol–water partition coefficient (Wildman–Crippen LogP) is 2.90. The zero-order valence-electron chi connectivity index (χ0n) is 11.7. The van der Waals surface area contributed by atoms with Crippen LogP contribution in [0, 0.1) is 6.92 Å². The molecule has 19 heavy (non-hydrogen) atoms. The molecule has 1 aromatic carbocycles. The largest absolute Gasteiger partial charge is 0.504 e. The van der Waals surface area contributed by atoms with E-state index in [4.69, 9.17) is 4.74 Å². The molecule has 0 saturated heterocycles. The van der Waals surface area contributed by atoms with Crippen molar-refractivity contribution in [1.29, 1.82) is 0 Å². The van der Waals surface area contributed by atoms with E-state index < -0.39 is 12.8 Å².